The lowest BCUT2D eigenvalue weighted by atomic mass is 10.2. The molecule has 6 nitrogen and oxygen atoms in total. The zero-order chi connectivity index (χ0) is 17.2. The smallest absolute Gasteiger partial charge is 0.257 e. The first-order valence-electron chi connectivity index (χ1n) is 7.03. The minimum absolute atomic E-state index is 0.0941. The van der Waals surface area contributed by atoms with Gasteiger partial charge in [0.1, 0.15) is 0 Å². The van der Waals surface area contributed by atoms with E-state index in [4.69, 9.17) is 0 Å². The van der Waals surface area contributed by atoms with E-state index in [0.29, 0.717) is 5.13 Å². The van der Waals surface area contributed by atoms with Gasteiger partial charge in [0.2, 0.25) is 10.0 Å². The molecule has 0 aliphatic rings. The van der Waals surface area contributed by atoms with E-state index in [1.165, 1.54) is 34.8 Å². The summed E-state index contributed by atoms with van der Waals surface area (Å²) in [7, 11) is -2.10. The molecule has 0 spiro atoms. The maximum absolute atomic E-state index is 12.5. The zero-order valence-corrected chi connectivity index (χ0v) is 15.0. The van der Waals surface area contributed by atoms with Gasteiger partial charge in [-0.1, -0.05) is 6.07 Å². The number of hydrogen-bond acceptors (Lipinski definition) is 5. The van der Waals surface area contributed by atoms with Crippen molar-refractivity contribution in [2.75, 3.05) is 12.4 Å². The SMILES string of the molecule is Cc1cnc(NC(=O)c2cccc(S(=O)(=O)N(C)C(C)C)c2)s1. The molecule has 1 amide bonds. The van der Waals surface area contributed by atoms with E-state index in [2.05, 4.69) is 10.3 Å². The van der Waals surface area contributed by atoms with Gasteiger partial charge in [-0.2, -0.15) is 4.31 Å². The third-order valence-electron chi connectivity index (χ3n) is 3.34. The van der Waals surface area contributed by atoms with Crippen molar-refractivity contribution in [3.63, 3.8) is 0 Å². The summed E-state index contributed by atoms with van der Waals surface area (Å²) in [5, 5.41) is 3.16. The van der Waals surface area contributed by atoms with Crippen LogP contribution < -0.4 is 5.32 Å². The Bertz CT molecular complexity index is 813. The molecular weight excluding hydrogens is 334 g/mol. The standard InChI is InChI=1S/C15H19N3O3S2/c1-10(2)18(4)23(20,21)13-7-5-6-12(8-13)14(19)17-15-16-9-11(3)22-15/h5-10H,1-4H3,(H,16,17,19). The first kappa shape index (κ1) is 17.6. The van der Waals surface area contributed by atoms with Gasteiger partial charge in [-0.3, -0.25) is 10.1 Å². The monoisotopic (exact) mass is 353 g/mol. The second-order valence-electron chi connectivity index (χ2n) is 5.37. The fourth-order valence-electron chi connectivity index (χ4n) is 1.82. The molecule has 0 aliphatic heterocycles. The number of thiazole rings is 1. The third kappa shape index (κ3) is 3.95. The molecule has 1 aromatic heterocycles. The number of aryl methyl sites for hydroxylation is 1. The second-order valence-corrected chi connectivity index (χ2v) is 8.61. The lowest BCUT2D eigenvalue weighted by Gasteiger charge is -2.21. The summed E-state index contributed by atoms with van der Waals surface area (Å²) >= 11 is 1.36. The Kier molecular flexibility index (Phi) is 5.18. The van der Waals surface area contributed by atoms with Gasteiger partial charge >= 0.3 is 0 Å². The van der Waals surface area contributed by atoms with Crippen molar-refractivity contribution in [3.05, 3.63) is 40.9 Å². The van der Waals surface area contributed by atoms with Crippen LogP contribution in [0.3, 0.4) is 0 Å². The lowest BCUT2D eigenvalue weighted by molar-refractivity contribution is 0.102. The normalized spacial score (nSPS) is 11.9. The van der Waals surface area contributed by atoms with Crippen LogP contribution in [0.25, 0.3) is 0 Å². The van der Waals surface area contributed by atoms with Crippen molar-refractivity contribution < 1.29 is 13.2 Å². The fraction of sp³-hybridized carbons (Fsp3) is 0.333. The van der Waals surface area contributed by atoms with Crippen LogP contribution in [-0.4, -0.2) is 36.7 Å². The molecule has 0 atom stereocenters. The second kappa shape index (κ2) is 6.77. The Morgan fingerprint density at radius 2 is 2.04 bits per heavy atom. The van der Waals surface area contributed by atoms with E-state index in [1.54, 1.807) is 32.2 Å². The van der Waals surface area contributed by atoms with Gasteiger partial charge in [-0.15, -0.1) is 11.3 Å². The van der Waals surface area contributed by atoms with E-state index in [-0.39, 0.29) is 22.4 Å². The predicted molar refractivity (Wildman–Crippen MR) is 91.3 cm³/mol. The van der Waals surface area contributed by atoms with E-state index < -0.39 is 10.0 Å². The van der Waals surface area contributed by atoms with Crippen molar-refractivity contribution in [3.8, 4) is 0 Å². The molecule has 0 saturated carbocycles. The van der Waals surface area contributed by atoms with Crippen molar-refractivity contribution in [2.45, 2.75) is 31.7 Å². The highest BCUT2D eigenvalue weighted by molar-refractivity contribution is 7.89. The van der Waals surface area contributed by atoms with Crippen LogP contribution in [0.15, 0.2) is 35.4 Å². The number of hydrogen-bond donors (Lipinski definition) is 1. The molecule has 0 aliphatic carbocycles. The minimum atomic E-state index is -3.62. The third-order valence-corrected chi connectivity index (χ3v) is 6.20. The molecule has 0 unspecified atom stereocenters. The number of carbonyl (C=O) groups excluding carboxylic acids is 1. The molecule has 2 aromatic rings. The van der Waals surface area contributed by atoms with Crippen molar-refractivity contribution in [2.24, 2.45) is 0 Å². The molecule has 0 fully saturated rings. The van der Waals surface area contributed by atoms with Crippen LogP contribution in [0.5, 0.6) is 0 Å². The molecule has 1 heterocycles. The predicted octanol–water partition coefficient (Wildman–Crippen LogP) is 2.73. The maximum atomic E-state index is 12.5. The Balaban J connectivity index is 2.27. The van der Waals surface area contributed by atoms with Crippen LogP contribution >= 0.6 is 11.3 Å². The molecule has 1 aromatic carbocycles. The van der Waals surface area contributed by atoms with E-state index in [9.17, 15) is 13.2 Å². The quantitative estimate of drug-likeness (QED) is 0.896. The maximum Gasteiger partial charge on any atom is 0.257 e. The lowest BCUT2D eigenvalue weighted by Crippen LogP contribution is -2.33. The number of nitrogens with zero attached hydrogens (tertiary/aromatic N) is 2. The highest BCUT2D eigenvalue weighted by Crippen LogP contribution is 2.20. The number of carbonyl (C=O) groups is 1. The van der Waals surface area contributed by atoms with Gasteiger partial charge in [0.25, 0.3) is 5.91 Å². The van der Waals surface area contributed by atoms with Crippen molar-refractivity contribution in [1.82, 2.24) is 9.29 Å². The number of nitrogens with one attached hydrogen (secondary N) is 1. The molecule has 0 radical (unpaired) electrons. The highest BCUT2D eigenvalue weighted by atomic mass is 32.2. The summed E-state index contributed by atoms with van der Waals surface area (Å²) in [5.41, 5.74) is 0.274. The molecule has 2 rings (SSSR count). The van der Waals surface area contributed by atoms with Crippen LogP contribution in [-0.2, 0) is 10.0 Å². The van der Waals surface area contributed by atoms with Gasteiger partial charge in [0.05, 0.1) is 4.90 Å². The van der Waals surface area contributed by atoms with Gasteiger partial charge < -0.3 is 0 Å². The Labute approximate surface area is 140 Å². The number of amides is 1. The Morgan fingerprint density at radius 1 is 1.35 bits per heavy atom. The van der Waals surface area contributed by atoms with E-state index in [1.807, 2.05) is 6.92 Å². The van der Waals surface area contributed by atoms with Crippen LogP contribution in [0.4, 0.5) is 5.13 Å². The average Bonchev–Trinajstić information content (AvgIpc) is 2.91. The largest absolute Gasteiger partial charge is 0.298 e. The fourth-order valence-corrected chi connectivity index (χ4v) is 3.90. The van der Waals surface area contributed by atoms with E-state index >= 15 is 0 Å². The van der Waals surface area contributed by atoms with Gasteiger partial charge in [-0.25, -0.2) is 13.4 Å². The minimum Gasteiger partial charge on any atom is -0.298 e. The molecule has 1 N–H and O–H groups in total. The molecule has 8 heteroatoms. The topological polar surface area (TPSA) is 79.4 Å². The zero-order valence-electron chi connectivity index (χ0n) is 13.4. The summed E-state index contributed by atoms with van der Waals surface area (Å²) in [5.74, 6) is -0.386. The Hall–Kier alpha value is -1.77. The van der Waals surface area contributed by atoms with Crippen LogP contribution in [0, 0.1) is 6.92 Å². The van der Waals surface area contributed by atoms with Crippen LogP contribution in [0.1, 0.15) is 29.1 Å². The first-order valence-corrected chi connectivity index (χ1v) is 9.29. The summed E-state index contributed by atoms with van der Waals surface area (Å²) < 4.78 is 26.3. The molecule has 124 valence electrons. The van der Waals surface area contributed by atoms with Crippen molar-refractivity contribution >= 4 is 32.4 Å². The summed E-state index contributed by atoms with van der Waals surface area (Å²) in [6, 6.07) is 5.83. The van der Waals surface area contributed by atoms with Gasteiger partial charge in [-0.05, 0) is 39.0 Å². The molecular formula is C15H19N3O3S2. The Morgan fingerprint density at radius 3 is 2.61 bits per heavy atom. The number of sulfonamides is 1. The summed E-state index contributed by atoms with van der Waals surface area (Å²) in [4.78, 5) is 17.4. The highest BCUT2D eigenvalue weighted by Gasteiger charge is 2.24. The molecule has 23 heavy (non-hydrogen) atoms. The van der Waals surface area contributed by atoms with E-state index in [0.717, 1.165) is 4.88 Å². The van der Waals surface area contributed by atoms with Crippen molar-refractivity contribution in [1.29, 1.82) is 0 Å². The molecule has 0 saturated heterocycles. The number of aromatic nitrogens is 1. The van der Waals surface area contributed by atoms with Crippen LogP contribution in [0.2, 0.25) is 0 Å². The number of rotatable bonds is 5. The summed E-state index contributed by atoms with van der Waals surface area (Å²) in [6.45, 7) is 5.47. The summed E-state index contributed by atoms with van der Waals surface area (Å²) in [6.07, 6.45) is 1.67. The van der Waals surface area contributed by atoms with Gasteiger partial charge in [0.15, 0.2) is 5.13 Å². The first-order chi connectivity index (χ1) is 10.7. The number of anilines is 1. The molecule has 0 bridgehead atoms. The number of benzene rings is 1. The average molecular weight is 353 g/mol. The van der Waals surface area contributed by atoms with Gasteiger partial charge in [0, 0.05) is 29.7 Å².